The van der Waals surface area contributed by atoms with Gasteiger partial charge in [-0.3, -0.25) is 0 Å². The Bertz CT molecular complexity index is 345. The molecule has 1 atom stereocenters. The van der Waals surface area contributed by atoms with Gasteiger partial charge >= 0.3 is 0 Å². The highest BCUT2D eigenvalue weighted by molar-refractivity contribution is 5.25. The van der Waals surface area contributed by atoms with Gasteiger partial charge in [0.05, 0.1) is 6.61 Å². The molecule has 4 nitrogen and oxygen atoms in total. The van der Waals surface area contributed by atoms with E-state index in [-0.39, 0.29) is 6.10 Å². The number of hydrogen-bond donors (Lipinski definition) is 1. The van der Waals surface area contributed by atoms with E-state index in [4.69, 9.17) is 9.47 Å². The van der Waals surface area contributed by atoms with Gasteiger partial charge in [0, 0.05) is 24.9 Å². The number of rotatable bonds is 9. The van der Waals surface area contributed by atoms with Crippen LogP contribution >= 0.6 is 0 Å². The van der Waals surface area contributed by atoms with Gasteiger partial charge in [-0.05, 0) is 38.9 Å². The summed E-state index contributed by atoms with van der Waals surface area (Å²) in [5.41, 5.74) is 2.30. The van der Waals surface area contributed by atoms with Gasteiger partial charge in [0.1, 0.15) is 6.10 Å². The average Bonchev–Trinajstić information content (AvgIpc) is 2.37. The molecule has 1 N–H and O–H groups in total. The third-order valence-electron chi connectivity index (χ3n) is 2.68. The van der Waals surface area contributed by atoms with Crippen molar-refractivity contribution in [2.75, 3.05) is 20.3 Å². The molecule has 1 heterocycles. The van der Waals surface area contributed by atoms with Crippen LogP contribution in [-0.4, -0.2) is 31.3 Å². The fourth-order valence-corrected chi connectivity index (χ4v) is 1.90. The molecule has 1 rings (SSSR count). The van der Waals surface area contributed by atoms with Crippen LogP contribution in [0, 0.1) is 0 Å². The Morgan fingerprint density at radius 3 is 2.74 bits per heavy atom. The predicted molar refractivity (Wildman–Crippen MR) is 77.6 cm³/mol. The van der Waals surface area contributed by atoms with Crippen molar-refractivity contribution in [1.29, 1.82) is 0 Å². The van der Waals surface area contributed by atoms with E-state index < -0.39 is 0 Å². The molecular formula is C15H26N2O2. The number of aromatic nitrogens is 1. The highest BCUT2D eigenvalue weighted by atomic mass is 16.5. The molecule has 0 saturated carbocycles. The fourth-order valence-electron chi connectivity index (χ4n) is 1.90. The molecule has 0 aliphatic rings. The van der Waals surface area contributed by atoms with Crippen molar-refractivity contribution < 1.29 is 9.47 Å². The van der Waals surface area contributed by atoms with Gasteiger partial charge in [-0.2, -0.15) is 0 Å². The number of ether oxygens (including phenoxy) is 2. The molecular weight excluding hydrogens is 240 g/mol. The minimum atomic E-state index is 0.0202. The topological polar surface area (TPSA) is 43.4 Å². The first-order chi connectivity index (χ1) is 9.19. The van der Waals surface area contributed by atoms with Gasteiger partial charge in [0.25, 0.3) is 0 Å². The second kappa shape index (κ2) is 8.88. The van der Waals surface area contributed by atoms with E-state index in [2.05, 4.69) is 23.3 Å². The molecule has 108 valence electrons. The Balaban J connectivity index is 2.74. The van der Waals surface area contributed by atoms with E-state index in [9.17, 15) is 0 Å². The molecule has 19 heavy (non-hydrogen) atoms. The highest BCUT2D eigenvalue weighted by Crippen LogP contribution is 2.15. The monoisotopic (exact) mass is 266 g/mol. The Kier molecular flexibility index (Phi) is 7.45. The SMILES string of the molecule is CCCc1cc(CNC)cc(OC(C)COCC)n1. The molecule has 1 unspecified atom stereocenters. The first-order valence-corrected chi connectivity index (χ1v) is 7.08. The molecule has 0 bridgehead atoms. The molecule has 0 aromatic carbocycles. The Hall–Kier alpha value is -1.13. The third-order valence-corrected chi connectivity index (χ3v) is 2.68. The summed E-state index contributed by atoms with van der Waals surface area (Å²) in [6.45, 7) is 8.28. The van der Waals surface area contributed by atoms with Crippen LogP contribution < -0.4 is 10.1 Å². The van der Waals surface area contributed by atoms with E-state index in [1.807, 2.05) is 27.0 Å². The zero-order chi connectivity index (χ0) is 14.1. The van der Waals surface area contributed by atoms with E-state index in [1.54, 1.807) is 0 Å². The molecule has 0 aliphatic carbocycles. The summed E-state index contributed by atoms with van der Waals surface area (Å²) in [4.78, 5) is 4.55. The zero-order valence-corrected chi connectivity index (χ0v) is 12.5. The molecule has 0 amide bonds. The number of hydrogen-bond acceptors (Lipinski definition) is 4. The average molecular weight is 266 g/mol. The van der Waals surface area contributed by atoms with Crippen LogP contribution in [0.1, 0.15) is 38.4 Å². The van der Waals surface area contributed by atoms with Gasteiger partial charge in [0.2, 0.25) is 5.88 Å². The van der Waals surface area contributed by atoms with Gasteiger partial charge < -0.3 is 14.8 Å². The summed E-state index contributed by atoms with van der Waals surface area (Å²) in [6.07, 6.45) is 2.09. The molecule has 4 heteroatoms. The smallest absolute Gasteiger partial charge is 0.214 e. The molecule has 0 saturated heterocycles. The number of nitrogens with zero attached hydrogens (tertiary/aromatic N) is 1. The van der Waals surface area contributed by atoms with E-state index in [0.29, 0.717) is 19.1 Å². The first kappa shape index (κ1) is 15.9. The van der Waals surface area contributed by atoms with Crippen molar-refractivity contribution in [3.63, 3.8) is 0 Å². The Morgan fingerprint density at radius 2 is 2.11 bits per heavy atom. The van der Waals surface area contributed by atoms with Gasteiger partial charge in [-0.25, -0.2) is 4.98 Å². The number of aryl methyl sites for hydroxylation is 1. The Labute approximate surface area is 116 Å². The summed E-state index contributed by atoms with van der Waals surface area (Å²) in [7, 11) is 1.94. The lowest BCUT2D eigenvalue weighted by Gasteiger charge is -2.15. The highest BCUT2D eigenvalue weighted by Gasteiger charge is 2.08. The van der Waals surface area contributed by atoms with Gasteiger partial charge in [-0.1, -0.05) is 13.3 Å². The van der Waals surface area contributed by atoms with Crippen LogP contribution in [-0.2, 0) is 17.7 Å². The summed E-state index contributed by atoms with van der Waals surface area (Å²) in [6, 6.07) is 4.14. The summed E-state index contributed by atoms with van der Waals surface area (Å²) in [5.74, 6) is 0.698. The number of nitrogens with one attached hydrogen (secondary N) is 1. The van der Waals surface area contributed by atoms with Crippen LogP contribution in [0.4, 0.5) is 0 Å². The first-order valence-electron chi connectivity index (χ1n) is 7.08. The van der Waals surface area contributed by atoms with Crippen LogP contribution in [0.15, 0.2) is 12.1 Å². The predicted octanol–water partition coefficient (Wildman–Crippen LogP) is 2.56. The molecule has 1 aromatic rings. The lowest BCUT2D eigenvalue weighted by molar-refractivity contribution is 0.0632. The molecule has 0 radical (unpaired) electrons. The second-order valence-corrected chi connectivity index (χ2v) is 4.67. The molecule has 0 aliphatic heterocycles. The summed E-state index contributed by atoms with van der Waals surface area (Å²) < 4.78 is 11.2. The largest absolute Gasteiger partial charge is 0.472 e. The number of pyridine rings is 1. The van der Waals surface area contributed by atoms with Crippen LogP contribution in [0.5, 0.6) is 5.88 Å². The van der Waals surface area contributed by atoms with E-state index >= 15 is 0 Å². The zero-order valence-electron chi connectivity index (χ0n) is 12.5. The van der Waals surface area contributed by atoms with E-state index in [1.165, 1.54) is 5.56 Å². The van der Waals surface area contributed by atoms with E-state index in [0.717, 1.165) is 25.1 Å². The summed E-state index contributed by atoms with van der Waals surface area (Å²) in [5, 5.41) is 3.16. The van der Waals surface area contributed by atoms with Crippen LogP contribution in [0.3, 0.4) is 0 Å². The normalized spacial score (nSPS) is 12.4. The fraction of sp³-hybridized carbons (Fsp3) is 0.667. The van der Waals surface area contributed by atoms with Gasteiger partial charge in [-0.15, -0.1) is 0 Å². The standard InChI is InChI=1S/C15H26N2O2/c1-5-7-14-8-13(10-16-4)9-15(17-14)19-12(3)11-18-6-2/h8-9,12,16H,5-7,10-11H2,1-4H3. The lowest BCUT2D eigenvalue weighted by Crippen LogP contribution is -2.20. The maximum atomic E-state index is 5.83. The minimum absolute atomic E-state index is 0.0202. The third kappa shape index (κ3) is 6.03. The second-order valence-electron chi connectivity index (χ2n) is 4.67. The Morgan fingerprint density at radius 1 is 1.32 bits per heavy atom. The molecule has 0 spiro atoms. The van der Waals surface area contributed by atoms with Crippen LogP contribution in [0.25, 0.3) is 0 Å². The molecule has 0 fully saturated rings. The van der Waals surface area contributed by atoms with Crippen molar-refractivity contribution in [1.82, 2.24) is 10.3 Å². The molecule has 1 aromatic heterocycles. The minimum Gasteiger partial charge on any atom is -0.472 e. The maximum Gasteiger partial charge on any atom is 0.214 e. The maximum absolute atomic E-state index is 5.83. The van der Waals surface area contributed by atoms with Crippen LogP contribution in [0.2, 0.25) is 0 Å². The summed E-state index contributed by atoms with van der Waals surface area (Å²) >= 11 is 0. The lowest BCUT2D eigenvalue weighted by atomic mass is 10.1. The van der Waals surface area contributed by atoms with Crippen molar-refractivity contribution >= 4 is 0 Å². The van der Waals surface area contributed by atoms with Gasteiger partial charge in [0.15, 0.2) is 0 Å². The van der Waals surface area contributed by atoms with Crippen molar-refractivity contribution in [3.05, 3.63) is 23.4 Å². The van der Waals surface area contributed by atoms with Crippen molar-refractivity contribution in [2.24, 2.45) is 0 Å². The van der Waals surface area contributed by atoms with Crippen molar-refractivity contribution in [3.8, 4) is 5.88 Å². The van der Waals surface area contributed by atoms with Crippen molar-refractivity contribution in [2.45, 2.75) is 46.3 Å². The quantitative estimate of drug-likeness (QED) is 0.746.